The lowest BCUT2D eigenvalue weighted by molar-refractivity contribution is 0.322. The van der Waals surface area contributed by atoms with Crippen molar-refractivity contribution in [2.75, 3.05) is 26.8 Å². The summed E-state index contributed by atoms with van der Waals surface area (Å²) in [5, 5.41) is 6.48. The molecule has 2 aromatic rings. The van der Waals surface area contributed by atoms with Crippen LogP contribution in [-0.4, -0.2) is 37.7 Å². The van der Waals surface area contributed by atoms with Crippen LogP contribution in [0.3, 0.4) is 0 Å². The quantitative estimate of drug-likeness (QED) is 0.438. The van der Waals surface area contributed by atoms with E-state index < -0.39 is 0 Å². The average molecular weight is 342 g/mol. The van der Waals surface area contributed by atoms with Crippen molar-refractivity contribution in [3.63, 3.8) is 0 Å². The number of benzene rings is 1. The molecule has 6 heteroatoms. The highest BCUT2D eigenvalue weighted by atomic mass is 16.5. The van der Waals surface area contributed by atoms with Crippen LogP contribution < -0.4 is 20.1 Å². The molecule has 0 aliphatic heterocycles. The number of aliphatic imine (C=N–C) groups is 1. The molecular weight excluding hydrogens is 316 g/mol. The van der Waals surface area contributed by atoms with Gasteiger partial charge in [0.1, 0.15) is 12.4 Å². The summed E-state index contributed by atoms with van der Waals surface area (Å²) in [5.74, 6) is 2.23. The molecule has 0 aliphatic carbocycles. The van der Waals surface area contributed by atoms with Gasteiger partial charge in [-0.05, 0) is 31.5 Å². The van der Waals surface area contributed by atoms with E-state index in [0.717, 1.165) is 23.8 Å². The van der Waals surface area contributed by atoms with Gasteiger partial charge >= 0.3 is 0 Å². The first kappa shape index (κ1) is 18.6. The van der Waals surface area contributed by atoms with Crippen molar-refractivity contribution in [1.82, 2.24) is 15.6 Å². The zero-order valence-electron chi connectivity index (χ0n) is 15.1. The number of methoxy groups -OCH3 is 1. The number of guanidine groups is 1. The highest BCUT2D eigenvalue weighted by Gasteiger charge is 1.99. The lowest BCUT2D eigenvalue weighted by Gasteiger charge is -2.12. The van der Waals surface area contributed by atoms with Gasteiger partial charge in [-0.15, -0.1) is 0 Å². The molecule has 0 radical (unpaired) electrons. The molecule has 0 aliphatic rings. The van der Waals surface area contributed by atoms with Crippen molar-refractivity contribution in [2.45, 2.75) is 20.4 Å². The Bertz CT molecular complexity index is 654. The second-order valence-corrected chi connectivity index (χ2v) is 5.49. The van der Waals surface area contributed by atoms with Crippen LogP contribution in [0.4, 0.5) is 0 Å². The first-order valence-corrected chi connectivity index (χ1v) is 8.42. The van der Waals surface area contributed by atoms with Crippen LogP contribution in [0.25, 0.3) is 0 Å². The number of nitrogens with zero attached hydrogens (tertiary/aromatic N) is 2. The predicted octanol–water partition coefficient (Wildman–Crippen LogP) is 2.53. The molecule has 0 saturated carbocycles. The summed E-state index contributed by atoms with van der Waals surface area (Å²) < 4.78 is 10.8. The molecule has 2 N–H and O–H groups in total. The number of aryl methyl sites for hydroxylation is 1. The monoisotopic (exact) mass is 342 g/mol. The molecule has 0 fully saturated rings. The molecule has 1 aromatic heterocycles. The number of pyridine rings is 1. The summed E-state index contributed by atoms with van der Waals surface area (Å²) in [6, 6.07) is 11.8. The predicted molar refractivity (Wildman–Crippen MR) is 100 cm³/mol. The molecule has 0 saturated heterocycles. The van der Waals surface area contributed by atoms with E-state index in [-0.39, 0.29) is 0 Å². The van der Waals surface area contributed by atoms with Gasteiger partial charge in [0, 0.05) is 18.8 Å². The fourth-order valence-electron chi connectivity index (χ4n) is 2.11. The van der Waals surface area contributed by atoms with Gasteiger partial charge in [-0.3, -0.25) is 0 Å². The molecule has 6 nitrogen and oxygen atoms in total. The number of aromatic nitrogens is 1. The maximum atomic E-state index is 5.71. The minimum Gasteiger partial charge on any atom is -0.492 e. The summed E-state index contributed by atoms with van der Waals surface area (Å²) in [6.07, 6.45) is 1.77. The second-order valence-electron chi connectivity index (χ2n) is 5.49. The third kappa shape index (κ3) is 6.71. The largest absolute Gasteiger partial charge is 0.492 e. The van der Waals surface area contributed by atoms with Gasteiger partial charge in [-0.25, -0.2) is 9.98 Å². The van der Waals surface area contributed by atoms with Crippen LogP contribution in [0.2, 0.25) is 0 Å². The molecule has 0 spiro atoms. The Morgan fingerprint density at radius 2 is 1.92 bits per heavy atom. The molecule has 2 rings (SSSR count). The normalized spacial score (nSPS) is 11.1. The molecule has 1 aromatic carbocycles. The third-order valence-electron chi connectivity index (χ3n) is 3.45. The van der Waals surface area contributed by atoms with Gasteiger partial charge in [0.2, 0.25) is 5.88 Å². The van der Waals surface area contributed by atoms with Gasteiger partial charge in [0.05, 0.1) is 20.2 Å². The SMILES string of the molecule is CCNC(=NCc1ccc(OC)nc1)NCCOc1ccc(C)cc1. The Morgan fingerprint density at radius 1 is 1.12 bits per heavy atom. The zero-order valence-corrected chi connectivity index (χ0v) is 15.1. The highest BCUT2D eigenvalue weighted by molar-refractivity contribution is 5.79. The van der Waals surface area contributed by atoms with E-state index in [9.17, 15) is 0 Å². The first-order chi connectivity index (χ1) is 12.2. The minimum absolute atomic E-state index is 0.547. The smallest absolute Gasteiger partial charge is 0.212 e. The van der Waals surface area contributed by atoms with Crippen molar-refractivity contribution >= 4 is 5.96 Å². The van der Waals surface area contributed by atoms with Crippen molar-refractivity contribution < 1.29 is 9.47 Å². The van der Waals surface area contributed by atoms with Crippen LogP contribution in [0.1, 0.15) is 18.1 Å². The third-order valence-corrected chi connectivity index (χ3v) is 3.45. The van der Waals surface area contributed by atoms with Crippen LogP contribution in [0, 0.1) is 6.92 Å². The lowest BCUT2D eigenvalue weighted by Crippen LogP contribution is -2.39. The molecular formula is C19H26N4O2. The van der Waals surface area contributed by atoms with Gasteiger partial charge < -0.3 is 20.1 Å². The number of ether oxygens (including phenoxy) is 2. The summed E-state index contributed by atoms with van der Waals surface area (Å²) in [6.45, 7) is 6.67. The molecule has 0 atom stereocenters. The molecule has 0 amide bonds. The first-order valence-electron chi connectivity index (χ1n) is 8.42. The molecule has 134 valence electrons. The van der Waals surface area contributed by atoms with Crippen molar-refractivity contribution in [3.05, 3.63) is 53.7 Å². The number of hydrogen-bond acceptors (Lipinski definition) is 4. The Labute approximate surface area is 149 Å². The highest BCUT2D eigenvalue weighted by Crippen LogP contribution is 2.10. The maximum Gasteiger partial charge on any atom is 0.212 e. The topological polar surface area (TPSA) is 67.8 Å². The maximum absolute atomic E-state index is 5.71. The number of hydrogen-bond donors (Lipinski definition) is 2. The second kappa shape index (κ2) is 10.2. The van der Waals surface area contributed by atoms with Crippen LogP contribution in [0.5, 0.6) is 11.6 Å². The van der Waals surface area contributed by atoms with Crippen molar-refractivity contribution in [1.29, 1.82) is 0 Å². The number of rotatable bonds is 8. The van der Waals surface area contributed by atoms with E-state index in [4.69, 9.17) is 9.47 Å². The number of nitrogens with one attached hydrogen (secondary N) is 2. The van der Waals surface area contributed by atoms with Gasteiger partial charge in [-0.1, -0.05) is 23.8 Å². The van der Waals surface area contributed by atoms with E-state index >= 15 is 0 Å². The van der Waals surface area contributed by atoms with E-state index in [2.05, 4.69) is 27.5 Å². The Balaban J connectivity index is 1.79. The van der Waals surface area contributed by atoms with Crippen molar-refractivity contribution in [3.8, 4) is 11.6 Å². The standard InChI is InChI=1S/C19H26N4O2/c1-4-20-19(23-14-16-7-10-18(24-3)22-13-16)21-11-12-25-17-8-5-15(2)6-9-17/h5-10,13H,4,11-12,14H2,1-3H3,(H2,20,21,23). The van der Waals surface area contributed by atoms with Crippen molar-refractivity contribution in [2.24, 2.45) is 4.99 Å². The van der Waals surface area contributed by atoms with Gasteiger partial charge in [-0.2, -0.15) is 0 Å². The van der Waals surface area contributed by atoms with E-state index in [1.165, 1.54) is 5.56 Å². The Morgan fingerprint density at radius 3 is 2.56 bits per heavy atom. The Kier molecular flexibility index (Phi) is 7.56. The molecule has 1 heterocycles. The summed E-state index contributed by atoms with van der Waals surface area (Å²) in [4.78, 5) is 8.74. The average Bonchev–Trinajstić information content (AvgIpc) is 2.65. The lowest BCUT2D eigenvalue weighted by atomic mass is 10.2. The zero-order chi connectivity index (χ0) is 17.9. The van der Waals surface area contributed by atoms with E-state index in [0.29, 0.717) is 25.6 Å². The van der Waals surface area contributed by atoms with Crippen LogP contribution >= 0.6 is 0 Å². The molecule has 25 heavy (non-hydrogen) atoms. The fourth-order valence-corrected chi connectivity index (χ4v) is 2.11. The van der Waals surface area contributed by atoms with Gasteiger partial charge in [0.25, 0.3) is 0 Å². The van der Waals surface area contributed by atoms with Crippen LogP contribution in [0.15, 0.2) is 47.6 Å². The fraction of sp³-hybridized carbons (Fsp3) is 0.368. The Hall–Kier alpha value is -2.76. The minimum atomic E-state index is 0.547. The van der Waals surface area contributed by atoms with E-state index in [1.54, 1.807) is 13.3 Å². The van der Waals surface area contributed by atoms with E-state index in [1.807, 2.05) is 43.3 Å². The van der Waals surface area contributed by atoms with Crippen LogP contribution in [-0.2, 0) is 6.54 Å². The van der Waals surface area contributed by atoms with Gasteiger partial charge in [0.15, 0.2) is 5.96 Å². The molecule has 0 unspecified atom stereocenters. The summed E-state index contributed by atoms with van der Waals surface area (Å²) >= 11 is 0. The summed E-state index contributed by atoms with van der Waals surface area (Å²) in [7, 11) is 1.60. The molecule has 0 bridgehead atoms. The summed E-state index contributed by atoms with van der Waals surface area (Å²) in [5.41, 5.74) is 2.24.